The Balaban J connectivity index is 2.68. The fraction of sp³-hybridized carbons (Fsp3) is 0.333. The van der Waals surface area contributed by atoms with Crippen molar-refractivity contribution in [3.05, 3.63) is 27.7 Å². The van der Waals surface area contributed by atoms with Gasteiger partial charge in [-0.15, -0.1) is 0 Å². The van der Waals surface area contributed by atoms with E-state index in [1.54, 1.807) is 0 Å². The number of nitrogens with two attached hydrogens (primary N) is 1. The van der Waals surface area contributed by atoms with Gasteiger partial charge in [0.15, 0.2) is 11.6 Å². The van der Waals surface area contributed by atoms with Gasteiger partial charge in [-0.05, 0) is 34.8 Å². The van der Waals surface area contributed by atoms with Gasteiger partial charge in [-0.25, -0.2) is 8.78 Å². The maximum Gasteiger partial charge on any atom is 0.166 e. The van der Waals surface area contributed by atoms with Crippen LogP contribution >= 0.6 is 15.9 Å². The molecule has 1 aromatic rings. The smallest absolute Gasteiger partial charge is 0.166 e. The molecular weight excluding hydrogens is 256 g/mol. The number of hydrogen-bond acceptors (Lipinski definition) is 2. The number of rotatable bonds is 1. The summed E-state index contributed by atoms with van der Waals surface area (Å²) in [4.78, 5) is 0. The highest BCUT2D eigenvalue weighted by atomic mass is 79.9. The molecule has 76 valence electrons. The Kier molecular flexibility index (Phi) is 2.04. The van der Waals surface area contributed by atoms with E-state index >= 15 is 0 Å². The fourth-order valence-electron chi connectivity index (χ4n) is 1.42. The van der Waals surface area contributed by atoms with Crippen LogP contribution in [0, 0.1) is 11.6 Å². The number of aromatic hydroxyl groups is 1. The van der Waals surface area contributed by atoms with E-state index in [2.05, 4.69) is 15.9 Å². The van der Waals surface area contributed by atoms with E-state index in [9.17, 15) is 13.9 Å². The van der Waals surface area contributed by atoms with Gasteiger partial charge in [-0.3, -0.25) is 0 Å². The van der Waals surface area contributed by atoms with Gasteiger partial charge >= 0.3 is 0 Å². The highest BCUT2D eigenvalue weighted by Gasteiger charge is 2.45. The quantitative estimate of drug-likeness (QED) is 0.765. The van der Waals surface area contributed by atoms with Crippen molar-refractivity contribution in [1.29, 1.82) is 0 Å². The van der Waals surface area contributed by atoms with Gasteiger partial charge in [0.05, 0.1) is 10.0 Å². The predicted molar refractivity (Wildman–Crippen MR) is 50.8 cm³/mol. The lowest BCUT2D eigenvalue weighted by atomic mass is 10.0. The summed E-state index contributed by atoms with van der Waals surface area (Å²) in [5.41, 5.74) is 4.71. The number of hydrogen-bond donors (Lipinski definition) is 2. The van der Waals surface area contributed by atoms with Crippen LogP contribution in [0.2, 0.25) is 0 Å². The first kappa shape index (κ1) is 9.86. The molecule has 0 atom stereocenters. The van der Waals surface area contributed by atoms with Crippen LogP contribution in [0.3, 0.4) is 0 Å². The minimum atomic E-state index is -0.890. The Morgan fingerprint density at radius 1 is 1.43 bits per heavy atom. The lowest BCUT2D eigenvalue weighted by Gasteiger charge is -2.14. The Hall–Kier alpha value is -0.680. The third-order valence-corrected chi connectivity index (χ3v) is 3.01. The van der Waals surface area contributed by atoms with Gasteiger partial charge < -0.3 is 10.8 Å². The lowest BCUT2D eigenvalue weighted by molar-refractivity contribution is 0.407. The van der Waals surface area contributed by atoms with Gasteiger partial charge in [-0.2, -0.15) is 0 Å². The summed E-state index contributed by atoms with van der Waals surface area (Å²) in [7, 11) is 0. The second-order valence-electron chi connectivity index (χ2n) is 3.53. The van der Waals surface area contributed by atoms with Crippen molar-refractivity contribution in [2.45, 2.75) is 18.4 Å². The molecule has 0 radical (unpaired) electrons. The summed E-state index contributed by atoms with van der Waals surface area (Å²) in [6.45, 7) is 0. The fourth-order valence-corrected chi connectivity index (χ4v) is 1.82. The van der Waals surface area contributed by atoms with Crippen molar-refractivity contribution in [2.75, 3.05) is 0 Å². The molecule has 14 heavy (non-hydrogen) atoms. The van der Waals surface area contributed by atoms with Crippen LogP contribution in [0.25, 0.3) is 0 Å². The zero-order valence-electron chi connectivity index (χ0n) is 7.15. The highest BCUT2D eigenvalue weighted by molar-refractivity contribution is 9.10. The van der Waals surface area contributed by atoms with Crippen molar-refractivity contribution in [3.63, 3.8) is 0 Å². The third kappa shape index (κ3) is 1.31. The number of phenolic OH excluding ortho intramolecular Hbond substituents is 1. The van der Waals surface area contributed by atoms with Crippen LogP contribution in [0.15, 0.2) is 10.5 Å². The topological polar surface area (TPSA) is 46.2 Å². The van der Waals surface area contributed by atoms with E-state index in [1.165, 1.54) is 0 Å². The van der Waals surface area contributed by atoms with Crippen molar-refractivity contribution in [2.24, 2.45) is 5.73 Å². The van der Waals surface area contributed by atoms with Crippen molar-refractivity contribution < 1.29 is 13.9 Å². The predicted octanol–water partition coefficient (Wildman–Crippen LogP) is 2.38. The minimum Gasteiger partial charge on any atom is -0.505 e. The molecule has 0 aliphatic heterocycles. The van der Waals surface area contributed by atoms with Crippen LogP contribution in [0.1, 0.15) is 18.4 Å². The molecule has 0 amide bonds. The molecule has 1 aromatic carbocycles. The summed E-state index contributed by atoms with van der Waals surface area (Å²) in [6, 6.07) is 0.889. The van der Waals surface area contributed by atoms with Crippen LogP contribution in [-0.2, 0) is 5.54 Å². The summed E-state index contributed by atoms with van der Waals surface area (Å²) in [5.74, 6) is -2.21. The number of benzene rings is 1. The lowest BCUT2D eigenvalue weighted by Crippen LogP contribution is -2.21. The SMILES string of the molecule is NC1(c2c(O)c(F)cc(Br)c2F)CC1. The molecule has 1 aliphatic rings. The van der Waals surface area contributed by atoms with E-state index in [1.807, 2.05) is 0 Å². The maximum absolute atomic E-state index is 13.5. The molecule has 1 saturated carbocycles. The van der Waals surface area contributed by atoms with Gasteiger partial charge in [0.2, 0.25) is 0 Å². The van der Waals surface area contributed by atoms with Gasteiger partial charge in [0.25, 0.3) is 0 Å². The first-order chi connectivity index (χ1) is 6.46. The Bertz CT molecular complexity index is 378. The maximum atomic E-state index is 13.5. The zero-order valence-corrected chi connectivity index (χ0v) is 8.74. The molecule has 3 N–H and O–H groups in total. The molecule has 0 unspecified atom stereocenters. The van der Waals surface area contributed by atoms with Crippen LogP contribution < -0.4 is 5.73 Å². The van der Waals surface area contributed by atoms with Crippen LogP contribution in [0.4, 0.5) is 8.78 Å². The molecular formula is C9H8BrF2NO. The van der Waals surface area contributed by atoms with Crippen molar-refractivity contribution >= 4 is 15.9 Å². The number of phenols is 1. The third-order valence-electron chi connectivity index (χ3n) is 2.43. The largest absolute Gasteiger partial charge is 0.505 e. The standard InChI is InChI=1S/C9H8BrF2NO/c10-4-3-5(11)8(14)6(7(4)12)9(13)1-2-9/h3,14H,1-2,13H2. The molecule has 0 aromatic heterocycles. The van der Waals surface area contributed by atoms with E-state index in [0.717, 1.165) is 6.07 Å². The molecule has 5 heteroatoms. The second-order valence-corrected chi connectivity index (χ2v) is 4.39. The summed E-state index contributed by atoms with van der Waals surface area (Å²) < 4.78 is 26.6. The second kappa shape index (κ2) is 2.90. The first-order valence-corrected chi connectivity index (χ1v) is 4.91. The molecule has 2 rings (SSSR count). The monoisotopic (exact) mass is 263 g/mol. The Labute approximate surface area is 87.9 Å². The van der Waals surface area contributed by atoms with E-state index in [0.29, 0.717) is 12.8 Å². The van der Waals surface area contributed by atoms with E-state index in [-0.39, 0.29) is 10.0 Å². The molecule has 0 spiro atoms. The molecule has 2 nitrogen and oxygen atoms in total. The molecule has 1 aliphatic carbocycles. The normalized spacial score (nSPS) is 18.3. The summed E-state index contributed by atoms with van der Waals surface area (Å²) in [6.07, 6.45) is 1.13. The van der Waals surface area contributed by atoms with Crippen molar-refractivity contribution in [1.82, 2.24) is 0 Å². The summed E-state index contributed by atoms with van der Waals surface area (Å²) in [5, 5.41) is 9.36. The van der Waals surface area contributed by atoms with E-state index in [4.69, 9.17) is 5.73 Å². The Morgan fingerprint density at radius 3 is 2.50 bits per heavy atom. The van der Waals surface area contributed by atoms with Crippen LogP contribution in [-0.4, -0.2) is 5.11 Å². The van der Waals surface area contributed by atoms with Crippen LogP contribution in [0.5, 0.6) is 5.75 Å². The minimum absolute atomic E-state index is 0.0143. The average Bonchev–Trinajstić information content (AvgIpc) is 2.81. The molecule has 0 bridgehead atoms. The summed E-state index contributed by atoms with van der Waals surface area (Å²) >= 11 is 2.87. The highest BCUT2D eigenvalue weighted by Crippen LogP contribution is 2.49. The van der Waals surface area contributed by atoms with Gasteiger partial charge in [-0.1, -0.05) is 0 Å². The van der Waals surface area contributed by atoms with Gasteiger partial charge in [0, 0.05) is 5.54 Å². The average molecular weight is 264 g/mol. The zero-order chi connectivity index (χ0) is 10.5. The number of halogens is 3. The molecule has 1 fully saturated rings. The molecule has 0 saturated heterocycles. The first-order valence-electron chi connectivity index (χ1n) is 4.11. The Morgan fingerprint density at radius 2 is 2.00 bits per heavy atom. The van der Waals surface area contributed by atoms with Crippen molar-refractivity contribution in [3.8, 4) is 5.75 Å². The van der Waals surface area contributed by atoms with E-state index < -0.39 is 22.9 Å². The van der Waals surface area contributed by atoms with Gasteiger partial charge in [0.1, 0.15) is 5.82 Å². The molecule has 0 heterocycles.